The summed E-state index contributed by atoms with van der Waals surface area (Å²) in [7, 11) is 3.90. The molecule has 4 nitrogen and oxygen atoms in total. The van der Waals surface area contributed by atoms with Crippen molar-refractivity contribution < 1.29 is 4.39 Å². The lowest BCUT2D eigenvalue weighted by Crippen LogP contribution is -2.09. The summed E-state index contributed by atoms with van der Waals surface area (Å²) in [5.41, 5.74) is 8.71. The minimum absolute atomic E-state index is 0.324. The molecule has 0 aliphatic carbocycles. The van der Waals surface area contributed by atoms with E-state index in [-0.39, 0.29) is 5.82 Å². The number of fused-ring (bicyclic) bond motifs is 1. The lowest BCUT2D eigenvalue weighted by atomic mass is 10.1. The summed E-state index contributed by atoms with van der Waals surface area (Å²) < 4.78 is 15.7. The van der Waals surface area contributed by atoms with E-state index in [1.54, 1.807) is 22.6 Å². The van der Waals surface area contributed by atoms with Crippen LogP contribution in [0, 0.1) is 5.82 Å². The first-order chi connectivity index (χ1) is 9.58. The molecule has 2 N–H and O–H groups in total. The molecule has 1 aromatic carbocycles. The number of anilines is 2. The molecule has 0 radical (unpaired) electrons. The molecule has 3 aromatic rings. The molecule has 20 heavy (non-hydrogen) atoms. The standard InChI is InChI=1S/C15H15FN4/c1-19(2)10-7-8-13-18-14(15(17)20(13)9-10)11-5-3-4-6-12(11)16/h3-9H,17H2,1-2H3. The van der Waals surface area contributed by atoms with E-state index in [1.807, 2.05) is 37.3 Å². The molecule has 3 rings (SSSR count). The Bertz CT molecular complexity index is 777. The van der Waals surface area contributed by atoms with Crippen molar-refractivity contribution in [3.8, 4) is 11.3 Å². The lowest BCUT2D eigenvalue weighted by Gasteiger charge is -2.12. The molecule has 0 fully saturated rings. The number of rotatable bonds is 2. The topological polar surface area (TPSA) is 46.6 Å². The van der Waals surface area contributed by atoms with Crippen molar-refractivity contribution in [2.45, 2.75) is 0 Å². The number of nitrogens with zero attached hydrogens (tertiary/aromatic N) is 3. The van der Waals surface area contributed by atoms with E-state index in [9.17, 15) is 4.39 Å². The van der Waals surface area contributed by atoms with Gasteiger partial charge in [-0.2, -0.15) is 0 Å². The zero-order valence-corrected chi connectivity index (χ0v) is 11.3. The van der Waals surface area contributed by atoms with Crippen LogP contribution in [0.2, 0.25) is 0 Å². The highest BCUT2D eigenvalue weighted by Gasteiger charge is 2.14. The van der Waals surface area contributed by atoms with Crippen LogP contribution in [-0.2, 0) is 0 Å². The smallest absolute Gasteiger partial charge is 0.139 e. The lowest BCUT2D eigenvalue weighted by molar-refractivity contribution is 0.631. The number of nitrogen functional groups attached to an aromatic ring is 1. The fourth-order valence-corrected chi connectivity index (χ4v) is 2.17. The first-order valence-corrected chi connectivity index (χ1v) is 6.28. The molecule has 0 amide bonds. The third-order valence-corrected chi connectivity index (χ3v) is 3.29. The highest BCUT2D eigenvalue weighted by atomic mass is 19.1. The molecule has 102 valence electrons. The Balaban J connectivity index is 2.24. The zero-order chi connectivity index (χ0) is 14.3. The molecule has 0 aliphatic rings. The maximum absolute atomic E-state index is 13.9. The number of aromatic nitrogens is 2. The molecular formula is C15H15FN4. The normalized spacial score (nSPS) is 10.9. The minimum Gasteiger partial charge on any atom is -0.383 e. The first-order valence-electron chi connectivity index (χ1n) is 6.28. The van der Waals surface area contributed by atoms with E-state index in [2.05, 4.69) is 4.98 Å². The second-order valence-corrected chi connectivity index (χ2v) is 4.84. The van der Waals surface area contributed by atoms with Crippen molar-refractivity contribution in [1.82, 2.24) is 9.38 Å². The van der Waals surface area contributed by atoms with E-state index in [4.69, 9.17) is 5.73 Å². The fraction of sp³-hybridized carbons (Fsp3) is 0.133. The molecule has 0 aliphatic heterocycles. The van der Waals surface area contributed by atoms with Gasteiger partial charge in [0.25, 0.3) is 0 Å². The van der Waals surface area contributed by atoms with Gasteiger partial charge in [-0.1, -0.05) is 12.1 Å². The maximum Gasteiger partial charge on any atom is 0.139 e. The van der Waals surface area contributed by atoms with Gasteiger partial charge in [0.15, 0.2) is 0 Å². The summed E-state index contributed by atoms with van der Waals surface area (Å²) in [5.74, 6) is 0.115. The Hall–Kier alpha value is -2.56. The number of halogens is 1. The van der Waals surface area contributed by atoms with Crippen molar-refractivity contribution in [2.24, 2.45) is 0 Å². The van der Waals surface area contributed by atoms with E-state index >= 15 is 0 Å². The van der Waals surface area contributed by atoms with Crippen molar-refractivity contribution in [1.29, 1.82) is 0 Å². The molecule has 0 atom stereocenters. The van der Waals surface area contributed by atoms with Crippen molar-refractivity contribution in [2.75, 3.05) is 24.7 Å². The van der Waals surface area contributed by atoms with E-state index in [1.165, 1.54) is 6.07 Å². The van der Waals surface area contributed by atoms with E-state index in [0.717, 1.165) is 5.69 Å². The predicted molar refractivity (Wildman–Crippen MR) is 79.3 cm³/mol. The molecule has 5 heteroatoms. The van der Waals surface area contributed by atoms with Crippen LogP contribution in [0.25, 0.3) is 16.9 Å². The fourth-order valence-electron chi connectivity index (χ4n) is 2.17. The highest BCUT2D eigenvalue weighted by Crippen LogP contribution is 2.29. The van der Waals surface area contributed by atoms with E-state index in [0.29, 0.717) is 22.7 Å². The van der Waals surface area contributed by atoms with Crippen molar-refractivity contribution >= 4 is 17.2 Å². The molecule has 2 aromatic heterocycles. The van der Waals surface area contributed by atoms with Gasteiger partial charge in [-0.3, -0.25) is 4.40 Å². The second-order valence-electron chi connectivity index (χ2n) is 4.84. The van der Waals surface area contributed by atoms with Gasteiger partial charge in [0.1, 0.15) is 23.0 Å². The second kappa shape index (κ2) is 4.52. The first kappa shape index (κ1) is 12.5. The van der Waals surface area contributed by atoms with Gasteiger partial charge in [-0.05, 0) is 24.3 Å². The van der Waals surface area contributed by atoms with Crippen LogP contribution < -0.4 is 10.6 Å². The Labute approximate surface area is 116 Å². The van der Waals surface area contributed by atoms with Gasteiger partial charge < -0.3 is 10.6 Å². The van der Waals surface area contributed by atoms with Crippen LogP contribution in [-0.4, -0.2) is 23.5 Å². The third-order valence-electron chi connectivity index (χ3n) is 3.29. The van der Waals surface area contributed by atoms with Crippen LogP contribution in [0.4, 0.5) is 15.9 Å². The number of benzene rings is 1. The summed E-state index contributed by atoms with van der Waals surface area (Å²) in [4.78, 5) is 6.40. The third kappa shape index (κ3) is 1.87. The van der Waals surface area contributed by atoms with Crippen LogP contribution >= 0.6 is 0 Å². The van der Waals surface area contributed by atoms with Gasteiger partial charge in [0.05, 0.1) is 5.69 Å². The van der Waals surface area contributed by atoms with Gasteiger partial charge in [0, 0.05) is 25.9 Å². The molecule has 0 spiro atoms. The number of pyridine rings is 1. The van der Waals surface area contributed by atoms with Crippen LogP contribution in [0.1, 0.15) is 0 Å². The average Bonchev–Trinajstić information content (AvgIpc) is 2.76. The Morgan fingerprint density at radius 1 is 1.15 bits per heavy atom. The molecule has 0 saturated carbocycles. The monoisotopic (exact) mass is 270 g/mol. The summed E-state index contributed by atoms with van der Waals surface area (Å²) in [6.07, 6.45) is 1.89. The van der Waals surface area contributed by atoms with Gasteiger partial charge in [0.2, 0.25) is 0 Å². The molecule has 2 heterocycles. The molecule has 0 saturated heterocycles. The summed E-state index contributed by atoms with van der Waals surface area (Å²) in [6, 6.07) is 10.3. The van der Waals surface area contributed by atoms with Crippen LogP contribution in [0.3, 0.4) is 0 Å². The predicted octanol–water partition coefficient (Wildman–Crippen LogP) is 2.79. The average molecular weight is 270 g/mol. The molecule has 0 unspecified atom stereocenters. The van der Waals surface area contributed by atoms with Gasteiger partial charge in [-0.25, -0.2) is 9.37 Å². The summed E-state index contributed by atoms with van der Waals surface area (Å²) >= 11 is 0. The summed E-state index contributed by atoms with van der Waals surface area (Å²) in [6.45, 7) is 0. The number of imidazole rings is 1. The SMILES string of the molecule is CN(C)c1ccc2nc(-c3ccccc3F)c(N)n2c1. The van der Waals surface area contributed by atoms with Gasteiger partial charge >= 0.3 is 0 Å². The van der Waals surface area contributed by atoms with Crippen LogP contribution in [0.5, 0.6) is 0 Å². The summed E-state index contributed by atoms with van der Waals surface area (Å²) in [5, 5.41) is 0. The maximum atomic E-state index is 13.9. The molecule has 0 bridgehead atoms. The minimum atomic E-state index is -0.324. The van der Waals surface area contributed by atoms with Crippen molar-refractivity contribution in [3.05, 3.63) is 48.4 Å². The Morgan fingerprint density at radius 2 is 1.90 bits per heavy atom. The zero-order valence-electron chi connectivity index (χ0n) is 11.3. The van der Waals surface area contributed by atoms with Crippen LogP contribution in [0.15, 0.2) is 42.6 Å². The largest absolute Gasteiger partial charge is 0.383 e. The number of hydrogen-bond acceptors (Lipinski definition) is 3. The number of nitrogens with two attached hydrogens (primary N) is 1. The quantitative estimate of drug-likeness (QED) is 0.779. The molecular weight excluding hydrogens is 255 g/mol. The number of hydrogen-bond donors (Lipinski definition) is 1. The van der Waals surface area contributed by atoms with Gasteiger partial charge in [-0.15, -0.1) is 0 Å². The highest BCUT2D eigenvalue weighted by molar-refractivity contribution is 5.76. The van der Waals surface area contributed by atoms with E-state index < -0.39 is 0 Å². The Morgan fingerprint density at radius 3 is 2.60 bits per heavy atom. The Kier molecular flexibility index (Phi) is 2.82. The van der Waals surface area contributed by atoms with Crippen molar-refractivity contribution in [3.63, 3.8) is 0 Å².